The molecule has 3 N–H and O–H groups in total. The number of imide groups is 3. The number of furan rings is 6. The number of carbonyl (C=O) groups is 10. The Morgan fingerprint density at radius 3 is 1.18 bits per heavy atom. The summed E-state index contributed by atoms with van der Waals surface area (Å²) in [7, 11) is 0. The van der Waals surface area contributed by atoms with Crippen LogP contribution in [0.25, 0.3) is 53.4 Å². The third-order valence-electron chi connectivity index (χ3n) is 23.0. The van der Waals surface area contributed by atoms with Crippen LogP contribution in [-0.2, 0) is 59.2 Å². The van der Waals surface area contributed by atoms with Crippen LogP contribution >= 0.6 is 93.7 Å². The summed E-state index contributed by atoms with van der Waals surface area (Å²) in [6.07, 6.45) is 13.0. The third-order valence-corrected chi connectivity index (χ3v) is 30.0. The number of hydrogen-bond acceptors (Lipinski definition) is 34. The summed E-state index contributed by atoms with van der Waals surface area (Å²) in [5, 5.41) is 24.3. The number of urea groups is 1. The number of nitrogens with zero attached hydrogens (tertiary/aromatic N) is 11. The zero-order valence-electron chi connectivity index (χ0n) is 80.5. The molecule has 14 aromatic rings. The first-order chi connectivity index (χ1) is 71.9. The highest BCUT2D eigenvalue weighted by Gasteiger charge is 2.40. The van der Waals surface area contributed by atoms with Crippen LogP contribution in [0.5, 0.6) is 5.88 Å². The zero-order chi connectivity index (χ0) is 104. The molecule has 4 saturated heterocycles. The SMILES string of the molecule is CC(C)N1C(=O)N/C(=C\c2ccc(SC3=Nc4ccccc4C3)o2)C1=O.CC(C)N1C(=O)S/C(=C\c2ccc(SC3=Nc4ccccc4C3)o2)C1=O.CC(C)N1C(=O)S/C(=C\c2ccc(Sc3nc4ccccc4o3)o2)C1=O.CC(C)n1c(O)c(C=c2ccc(=C3N=c4ccccc4=N3)o2)sc1=O.O=C1CC(=O)/C(=C/c2ccc(SC3=Nc4ccccc4C3)o2)C1.O=C1CC(=O)/C(=C/c2ccc(SC3=Nc4ccccc4C3)o2)N1. The van der Waals surface area contributed by atoms with Gasteiger partial charge in [0.25, 0.3) is 33.4 Å². The number of para-hydroxylation sites is 8. The Bertz CT molecular complexity index is 8100. The quantitative estimate of drug-likeness (QED) is 0.0459. The van der Waals surface area contributed by atoms with Crippen molar-refractivity contribution in [1.29, 1.82) is 0 Å². The van der Waals surface area contributed by atoms with Gasteiger partial charge in [-0.15, -0.1) is 0 Å². The van der Waals surface area contributed by atoms with E-state index in [0.717, 1.165) is 125 Å². The minimum atomic E-state index is -0.407. The first kappa shape index (κ1) is 102. The molecule has 1 saturated carbocycles. The second kappa shape index (κ2) is 45.1. The molecule has 149 heavy (non-hydrogen) atoms. The van der Waals surface area contributed by atoms with E-state index in [1.54, 1.807) is 107 Å². The van der Waals surface area contributed by atoms with Crippen LogP contribution in [-0.4, -0.2) is 125 Å². The highest BCUT2D eigenvalue weighted by molar-refractivity contribution is 8.19. The fraction of sp³-hybridized carbons (Fsp3) is 0.174. The number of Topliss-reactive ketones (excluding diaryl/α,β-unsaturated/α-hetero) is 3. The third kappa shape index (κ3) is 24.4. The number of aromatic hydroxyl groups is 1. The van der Waals surface area contributed by atoms with Gasteiger partial charge in [-0.3, -0.25) is 67.2 Å². The summed E-state index contributed by atoms with van der Waals surface area (Å²) in [5.41, 5.74) is 12.5. The van der Waals surface area contributed by atoms with Gasteiger partial charge in [-0.1, -0.05) is 108 Å². The number of aromatic nitrogens is 2. The Hall–Kier alpha value is -15.4. The first-order valence-corrected chi connectivity index (χ1v) is 53.3. The lowest BCUT2D eigenvalue weighted by Gasteiger charge is -2.16. The largest absolute Gasteiger partial charge is 0.493 e. The molecule has 17 heterocycles. The van der Waals surface area contributed by atoms with Gasteiger partial charge in [0.1, 0.15) is 51.2 Å². The molecule has 6 aromatic carbocycles. The smallest absolute Gasteiger partial charge is 0.329 e. The Morgan fingerprint density at radius 2 is 0.785 bits per heavy atom. The highest BCUT2D eigenvalue weighted by Crippen LogP contribution is 2.43. The molecule has 0 atom stereocenters. The van der Waals surface area contributed by atoms with Crippen LogP contribution in [0.4, 0.5) is 37.1 Å². The van der Waals surface area contributed by atoms with Gasteiger partial charge in [0.2, 0.25) is 11.8 Å². The molecule has 0 spiro atoms. The van der Waals surface area contributed by atoms with Crippen LogP contribution in [0.3, 0.4) is 0 Å². The molecular weight excluding hydrogens is 2050 g/mol. The van der Waals surface area contributed by atoms with Crippen molar-refractivity contribution in [2.24, 2.45) is 30.0 Å². The van der Waals surface area contributed by atoms with E-state index < -0.39 is 6.03 Å². The average molecular weight is 2140 g/mol. The molecule has 0 unspecified atom stereocenters. The van der Waals surface area contributed by atoms with Crippen LogP contribution in [0.2, 0.25) is 0 Å². The van der Waals surface area contributed by atoms with Gasteiger partial charge in [0.05, 0.1) is 86.9 Å². The lowest BCUT2D eigenvalue weighted by molar-refractivity contribution is -0.124. The minimum absolute atomic E-state index is 0.0171. The van der Waals surface area contributed by atoms with Gasteiger partial charge in [0, 0.05) is 104 Å². The van der Waals surface area contributed by atoms with Gasteiger partial charge < -0.3 is 46.7 Å². The van der Waals surface area contributed by atoms with Gasteiger partial charge in [0.15, 0.2) is 53.8 Å². The van der Waals surface area contributed by atoms with Gasteiger partial charge in [-0.05, 0) is 276 Å². The molecule has 32 nitrogen and oxygen atoms in total. The summed E-state index contributed by atoms with van der Waals surface area (Å²) in [5.74, 6) is 1.65. The first-order valence-electron chi connectivity index (χ1n) is 46.8. The van der Waals surface area contributed by atoms with Crippen LogP contribution in [0.15, 0.2) is 342 Å². The number of carbonyl (C=O) groups excluding carboxylic acids is 10. The molecule has 0 bridgehead atoms. The monoisotopic (exact) mass is 2140 g/mol. The summed E-state index contributed by atoms with van der Waals surface area (Å²) in [6, 6.07) is 67.9. The van der Waals surface area contributed by atoms with E-state index in [9.17, 15) is 57.8 Å². The molecule has 750 valence electrons. The second-order valence-electron chi connectivity index (χ2n) is 35.1. The number of amides is 8. The predicted molar refractivity (Wildman–Crippen MR) is 576 cm³/mol. The highest BCUT2D eigenvalue weighted by atomic mass is 32.2. The van der Waals surface area contributed by atoms with Crippen LogP contribution < -0.4 is 37.1 Å². The number of hydrogen-bond donors (Lipinski definition) is 3. The topological polar surface area (TPSA) is 426 Å². The Labute approximate surface area is 882 Å². The number of aliphatic imine (C=N–C) groups is 4. The van der Waals surface area contributed by atoms with Crippen molar-refractivity contribution >= 4 is 247 Å². The number of nitrogens with one attached hydrogen (secondary N) is 2. The number of thiazole rings is 1. The van der Waals surface area contributed by atoms with Crippen LogP contribution in [0, 0.1) is 0 Å². The number of rotatable bonds is 16. The minimum Gasteiger partial charge on any atom is -0.493 e. The van der Waals surface area contributed by atoms with Crippen molar-refractivity contribution in [2.45, 2.75) is 155 Å². The summed E-state index contributed by atoms with van der Waals surface area (Å²) in [4.78, 5) is 167. The van der Waals surface area contributed by atoms with Crippen molar-refractivity contribution < 1.29 is 84.0 Å². The van der Waals surface area contributed by atoms with E-state index in [-0.39, 0.29) is 117 Å². The second-order valence-corrected chi connectivity index (χ2v) is 43.4. The molecular formula is C109H87N13O19S8. The molecule has 0 radical (unpaired) electrons. The van der Waals surface area contributed by atoms with E-state index >= 15 is 0 Å². The van der Waals surface area contributed by atoms with Gasteiger partial charge in [-0.2, -0.15) is 0 Å². The molecule has 9 aliphatic heterocycles. The van der Waals surface area contributed by atoms with E-state index in [0.29, 0.717) is 96.9 Å². The maximum Gasteiger partial charge on any atom is 0.329 e. The van der Waals surface area contributed by atoms with Crippen molar-refractivity contribution in [1.82, 2.24) is 34.9 Å². The van der Waals surface area contributed by atoms with E-state index in [1.165, 1.54) is 100 Å². The summed E-state index contributed by atoms with van der Waals surface area (Å²) in [6.45, 7) is 14.5. The number of benzene rings is 6. The van der Waals surface area contributed by atoms with E-state index in [2.05, 4.69) is 69.8 Å². The number of oxazole rings is 1. The Morgan fingerprint density at radius 1 is 0.369 bits per heavy atom. The number of allylic oxidation sites excluding steroid dienone is 2. The lowest BCUT2D eigenvalue weighted by Crippen LogP contribution is -2.36. The zero-order valence-corrected chi connectivity index (χ0v) is 87.0. The summed E-state index contributed by atoms with van der Waals surface area (Å²) >= 11 is 10.0. The van der Waals surface area contributed by atoms with Gasteiger partial charge >= 0.3 is 10.9 Å². The maximum atomic E-state index is 12.3. The molecule has 1 aliphatic carbocycles. The summed E-state index contributed by atoms with van der Waals surface area (Å²) < 4.78 is 41.5. The normalized spacial score (nSPS) is 17.2. The van der Waals surface area contributed by atoms with Crippen molar-refractivity contribution in [3.05, 3.63) is 332 Å². The van der Waals surface area contributed by atoms with Crippen molar-refractivity contribution in [3.63, 3.8) is 0 Å². The van der Waals surface area contributed by atoms with Crippen LogP contribution in [0.1, 0.15) is 137 Å². The molecule has 24 rings (SSSR count). The molecule has 10 aliphatic rings. The molecule has 5 fully saturated rings. The van der Waals surface area contributed by atoms with E-state index in [1.807, 2.05) is 179 Å². The Balaban J connectivity index is 0.000000112. The molecule has 8 aromatic heterocycles. The van der Waals surface area contributed by atoms with Crippen molar-refractivity contribution in [3.8, 4) is 5.88 Å². The fourth-order valence-corrected chi connectivity index (χ4v) is 23.1. The molecule has 40 heteroatoms. The average Bonchev–Trinajstić information content (AvgIpc) is 1.66. The van der Waals surface area contributed by atoms with E-state index in [4.69, 9.17) is 30.9 Å². The lowest BCUT2D eigenvalue weighted by atomic mass is 10.2. The standard InChI is InChI=1S/C19H17N3O3S.C19H16N2O3S2.C18H15N3O3S.C18H14N2O4S2.C18H13NO3S.C17H12N2O3S/c1-11(2)22-18(23)15(21-19(22)24)10-13-7-8-17(25-13)26-16-9-12-5-3-4-6-14(12)20-16;1-11(2)21-18(22)15(25-19(21)23)10-13-7-8-17(24-13)26-16-9-12-5-3-4-6-14(12)20-16;1-10(2)21-17(22)15(25-18(21)23)9-11-7-8-14(24-11)16-19-12-5-3-4-6-13(12)20-16;1-10(2)20-16(21)14(25-18(20)22)9-11-7-8-15(23-11)26-17-19-12-5-3-4-6-13(12)24-17;20-13-7-12(16(21)10-13)8-14-5-6-18(22-14)23-17-9-11-3-1-2-4-15(11)19-17;20-14-9-15(21)18-13(14)8-11-5-6-17(22-11)23-16-7-10-3-1-2-4-12(10)19-16/h3-8,10-11H,9H2,1-2H3,(H,21,24);3-8,10-11H,9H2,1-2H3;3-10,22H,1-2H3;3-10H,1-2H3;1-6,8H,7,9-10H2;1-6,8H,7,9H2,(H,18,21)/b2*15-10-;;14-9-;12-8+;13-8-. The maximum absolute atomic E-state index is 12.3. The Kier molecular flexibility index (Phi) is 30.9. The number of ketones is 3. The van der Waals surface area contributed by atoms with Crippen molar-refractivity contribution in [2.75, 3.05) is 0 Å². The number of fused-ring (bicyclic) bond motifs is 6. The molecule has 8 amide bonds. The number of thioether (sulfide) groups is 6. The van der Waals surface area contributed by atoms with Gasteiger partial charge in [-0.25, -0.2) is 39.7 Å². The fourth-order valence-electron chi connectivity index (χ4n) is 16.1. The predicted octanol–water partition coefficient (Wildman–Crippen LogP) is 21.8.